The molecule has 1 aliphatic rings. The fourth-order valence-corrected chi connectivity index (χ4v) is 3.68. The summed E-state index contributed by atoms with van der Waals surface area (Å²) in [6.07, 6.45) is 2.83. The van der Waals surface area contributed by atoms with Gasteiger partial charge in [0.1, 0.15) is 0 Å². The minimum atomic E-state index is -0.173. The van der Waals surface area contributed by atoms with Gasteiger partial charge < -0.3 is 20.5 Å². The smallest absolute Gasteiger partial charge is 0.223 e. The third-order valence-corrected chi connectivity index (χ3v) is 5.34. The van der Waals surface area contributed by atoms with Crippen LogP contribution in [0.15, 0.2) is 18.2 Å². The molecule has 0 radical (unpaired) electrons. The molecular formula is C22H34N2O4. The van der Waals surface area contributed by atoms with Crippen LogP contribution in [0.25, 0.3) is 0 Å². The molecular weight excluding hydrogens is 356 g/mol. The highest BCUT2D eigenvalue weighted by atomic mass is 16.5. The lowest BCUT2D eigenvalue weighted by Crippen LogP contribution is -2.50. The second-order valence-corrected chi connectivity index (χ2v) is 7.71. The fraction of sp³-hybridized carbons (Fsp3) is 0.636. The van der Waals surface area contributed by atoms with Crippen molar-refractivity contribution in [3.8, 4) is 0 Å². The Morgan fingerprint density at radius 1 is 1.25 bits per heavy atom. The highest BCUT2D eigenvalue weighted by Crippen LogP contribution is 2.27. The molecule has 0 spiro atoms. The monoisotopic (exact) mass is 390 g/mol. The van der Waals surface area contributed by atoms with Gasteiger partial charge in [-0.1, -0.05) is 30.7 Å². The van der Waals surface area contributed by atoms with Gasteiger partial charge >= 0.3 is 0 Å². The van der Waals surface area contributed by atoms with Gasteiger partial charge in [0.05, 0.1) is 18.8 Å². The molecule has 1 saturated carbocycles. The molecule has 1 aliphatic carbocycles. The van der Waals surface area contributed by atoms with E-state index in [1.807, 2.05) is 13.8 Å². The van der Waals surface area contributed by atoms with E-state index in [1.54, 1.807) is 0 Å². The second kappa shape index (κ2) is 11.2. The Bertz CT molecular complexity index is 662. The Kier molecular flexibility index (Phi) is 8.93. The number of aliphatic hydroxyl groups excluding tert-OH is 1. The van der Waals surface area contributed by atoms with Crippen molar-refractivity contribution < 1.29 is 19.4 Å². The van der Waals surface area contributed by atoms with E-state index in [0.717, 1.165) is 12.0 Å². The SMILES string of the molecule is CCCO[C@@H]1C[C@@H](C(=O)NCc2cc(C)ccc2C)CC[C@H]1NC(=O)CCO. The third-order valence-electron chi connectivity index (χ3n) is 5.34. The number of carbonyl (C=O) groups is 2. The summed E-state index contributed by atoms with van der Waals surface area (Å²) in [6.45, 7) is 7.11. The number of hydrogen-bond donors (Lipinski definition) is 3. The molecule has 0 aliphatic heterocycles. The van der Waals surface area contributed by atoms with Crippen LogP contribution < -0.4 is 10.6 Å². The lowest BCUT2D eigenvalue weighted by Gasteiger charge is -2.36. The molecule has 3 atom stereocenters. The summed E-state index contributed by atoms with van der Waals surface area (Å²) in [5.74, 6) is -0.237. The molecule has 0 saturated heterocycles. The van der Waals surface area contributed by atoms with Gasteiger partial charge in [0.2, 0.25) is 11.8 Å². The summed E-state index contributed by atoms with van der Waals surface area (Å²) in [5.41, 5.74) is 3.49. The summed E-state index contributed by atoms with van der Waals surface area (Å²) < 4.78 is 5.94. The number of aryl methyl sites for hydroxylation is 2. The summed E-state index contributed by atoms with van der Waals surface area (Å²) >= 11 is 0. The summed E-state index contributed by atoms with van der Waals surface area (Å²) in [5, 5.41) is 15.0. The molecule has 1 aromatic carbocycles. The Morgan fingerprint density at radius 2 is 2.04 bits per heavy atom. The van der Waals surface area contributed by atoms with E-state index in [-0.39, 0.29) is 42.9 Å². The molecule has 2 amide bonds. The first-order chi connectivity index (χ1) is 13.4. The molecule has 0 bridgehead atoms. The minimum Gasteiger partial charge on any atom is -0.396 e. The van der Waals surface area contributed by atoms with Crippen molar-refractivity contribution in [1.82, 2.24) is 10.6 Å². The molecule has 6 heteroatoms. The van der Waals surface area contributed by atoms with Gasteiger partial charge in [-0.3, -0.25) is 9.59 Å². The van der Waals surface area contributed by atoms with E-state index in [9.17, 15) is 9.59 Å². The summed E-state index contributed by atoms with van der Waals surface area (Å²) in [6, 6.07) is 6.15. The quantitative estimate of drug-likeness (QED) is 0.604. The molecule has 1 aromatic rings. The third kappa shape index (κ3) is 6.60. The maximum atomic E-state index is 12.7. The van der Waals surface area contributed by atoms with Crippen LogP contribution in [-0.4, -0.2) is 42.3 Å². The van der Waals surface area contributed by atoms with Crippen LogP contribution in [0.5, 0.6) is 0 Å². The van der Waals surface area contributed by atoms with E-state index in [1.165, 1.54) is 11.1 Å². The van der Waals surface area contributed by atoms with Gasteiger partial charge in [-0.15, -0.1) is 0 Å². The maximum Gasteiger partial charge on any atom is 0.223 e. The van der Waals surface area contributed by atoms with Crippen LogP contribution in [0.2, 0.25) is 0 Å². The van der Waals surface area contributed by atoms with Crippen molar-refractivity contribution in [1.29, 1.82) is 0 Å². The number of aliphatic hydroxyl groups is 1. The summed E-state index contributed by atoms with van der Waals surface area (Å²) in [7, 11) is 0. The molecule has 3 N–H and O–H groups in total. The van der Waals surface area contributed by atoms with Crippen molar-refractivity contribution in [3.63, 3.8) is 0 Å². The van der Waals surface area contributed by atoms with Gasteiger partial charge in [0.25, 0.3) is 0 Å². The van der Waals surface area contributed by atoms with Gasteiger partial charge in [-0.25, -0.2) is 0 Å². The number of amides is 2. The van der Waals surface area contributed by atoms with Crippen molar-refractivity contribution in [2.75, 3.05) is 13.2 Å². The summed E-state index contributed by atoms with van der Waals surface area (Å²) in [4.78, 5) is 24.6. The number of nitrogens with one attached hydrogen (secondary N) is 2. The van der Waals surface area contributed by atoms with E-state index in [0.29, 0.717) is 32.4 Å². The van der Waals surface area contributed by atoms with Gasteiger partial charge in [0.15, 0.2) is 0 Å². The molecule has 28 heavy (non-hydrogen) atoms. The van der Waals surface area contributed by atoms with Crippen molar-refractivity contribution in [3.05, 3.63) is 34.9 Å². The largest absolute Gasteiger partial charge is 0.396 e. The molecule has 0 heterocycles. The molecule has 6 nitrogen and oxygen atoms in total. The van der Waals surface area contributed by atoms with Crippen LogP contribution in [0.4, 0.5) is 0 Å². The Labute approximate surface area is 168 Å². The molecule has 2 rings (SSSR count). The van der Waals surface area contributed by atoms with Gasteiger partial charge in [-0.05, 0) is 50.7 Å². The van der Waals surface area contributed by atoms with Gasteiger partial charge in [-0.2, -0.15) is 0 Å². The minimum absolute atomic E-state index is 0.0474. The Morgan fingerprint density at radius 3 is 2.75 bits per heavy atom. The predicted molar refractivity (Wildman–Crippen MR) is 109 cm³/mol. The fourth-order valence-electron chi connectivity index (χ4n) is 3.68. The second-order valence-electron chi connectivity index (χ2n) is 7.71. The zero-order valence-corrected chi connectivity index (χ0v) is 17.3. The Hall–Kier alpha value is -1.92. The van der Waals surface area contributed by atoms with Crippen LogP contribution in [-0.2, 0) is 20.9 Å². The number of rotatable bonds is 9. The molecule has 1 fully saturated rings. The number of carbonyl (C=O) groups excluding carboxylic acids is 2. The number of benzene rings is 1. The Balaban J connectivity index is 1.93. The van der Waals surface area contributed by atoms with Crippen LogP contribution >= 0.6 is 0 Å². The molecule has 156 valence electrons. The first-order valence-corrected chi connectivity index (χ1v) is 10.3. The van der Waals surface area contributed by atoms with Crippen LogP contribution in [0.3, 0.4) is 0 Å². The normalized spacial score (nSPS) is 21.9. The average Bonchev–Trinajstić information content (AvgIpc) is 2.67. The van der Waals surface area contributed by atoms with Crippen LogP contribution in [0, 0.1) is 19.8 Å². The maximum absolute atomic E-state index is 12.7. The van der Waals surface area contributed by atoms with Crippen molar-refractivity contribution in [2.45, 2.75) is 71.6 Å². The van der Waals surface area contributed by atoms with Crippen LogP contribution in [0.1, 0.15) is 55.7 Å². The standard InChI is InChI=1S/C22H34N2O4/c1-4-11-28-20-13-17(7-8-19(20)24-21(26)9-10-25)22(27)23-14-18-12-15(2)5-6-16(18)3/h5-6,12,17,19-20,25H,4,7-11,13-14H2,1-3H3,(H,23,27)(H,24,26)/t17-,19+,20+/m0/s1. The number of ether oxygens (including phenoxy) is 1. The van der Waals surface area contributed by atoms with Crippen molar-refractivity contribution in [2.24, 2.45) is 5.92 Å². The first kappa shape index (κ1) is 22.4. The van der Waals surface area contributed by atoms with E-state index >= 15 is 0 Å². The topological polar surface area (TPSA) is 87.7 Å². The lowest BCUT2D eigenvalue weighted by atomic mass is 9.83. The lowest BCUT2D eigenvalue weighted by molar-refractivity contribution is -0.130. The first-order valence-electron chi connectivity index (χ1n) is 10.3. The van der Waals surface area contributed by atoms with Gasteiger partial charge in [0, 0.05) is 25.5 Å². The number of hydrogen-bond acceptors (Lipinski definition) is 4. The zero-order valence-electron chi connectivity index (χ0n) is 17.3. The predicted octanol–water partition coefficient (Wildman–Crippen LogP) is 2.38. The van der Waals surface area contributed by atoms with E-state index in [2.05, 4.69) is 35.8 Å². The zero-order chi connectivity index (χ0) is 20.5. The molecule has 0 aromatic heterocycles. The highest BCUT2D eigenvalue weighted by molar-refractivity contribution is 5.79. The average molecular weight is 391 g/mol. The molecule has 0 unspecified atom stereocenters. The van der Waals surface area contributed by atoms with Crippen molar-refractivity contribution >= 4 is 11.8 Å². The highest BCUT2D eigenvalue weighted by Gasteiger charge is 2.35. The van der Waals surface area contributed by atoms with E-state index in [4.69, 9.17) is 9.84 Å². The van der Waals surface area contributed by atoms with E-state index < -0.39 is 0 Å².